The molecule has 2 unspecified atom stereocenters. The lowest BCUT2D eigenvalue weighted by Crippen LogP contribution is -2.28. The molecular weight excluding hydrogens is 178 g/mol. The SMILES string of the molecule is O=C1CC(C2NCCS2)CS1. The van der Waals surface area contributed by atoms with Gasteiger partial charge in [-0.1, -0.05) is 11.8 Å². The fourth-order valence-corrected chi connectivity index (χ4v) is 3.83. The predicted octanol–water partition coefficient (Wildman–Crippen LogP) is 0.929. The highest BCUT2D eigenvalue weighted by molar-refractivity contribution is 8.14. The van der Waals surface area contributed by atoms with Gasteiger partial charge in [0, 0.05) is 30.4 Å². The lowest BCUT2D eigenvalue weighted by Gasteiger charge is -2.14. The van der Waals surface area contributed by atoms with Crippen molar-refractivity contribution in [2.75, 3.05) is 18.1 Å². The highest BCUT2D eigenvalue weighted by atomic mass is 32.2. The Morgan fingerprint density at radius 3 is 3.00 bits per heavy atom. The van der Waals surface area contributed by atoms with Crippen molar-refractivity contribution in [3.05, 3.63) is 0 Å². The van der Waals surface area contributed by atoms with Crippen molar-refractivity contribution in [3.8, 4) is 0 Å². The van der Waals surface area contributed by atoms with Crippen LogP contribution in [0.1, 0.15) is 6.42 Å². The maximum atomic E-state index is 10.9. The average molecular weight is 189 g/mol. The first kappa shape index (κ1) is 7.95. The summed E-state index contributed by atoms with van der Waals surface area (Å²) < 4.78 is 0. The van der Waals surface area contributed by atoms with Crippen LogP contribution in [-0.4, -0.2) is 28.5 Å². The molecule has 0 aliphatic carbocycles. The molecule has 0 aromatic rings. The van der Waals surface area contributed by atoms with Crippen LogP contribution in [0.5, 0.6) is 0 Å². The third-order valence-corrected chi connectivity index (χ3v) is 4.49. The number of carbonyl (C=O) groups is 1. The summed E-state index contributed by atoms with van der Waals surface area (Å²) in [6, 6.07) is 0. The Bertz CT molecular complexity index is 168. The third-order valence-electron chi connectivity index (χ3n) is 2.06. The Labute approximate surface area is 74.9 Å². The van der Waals surface area contributed by atoms with Crippen LogP contribution in [-0.2, 0) is 4.79 Å². The number of hydrogen-bond donors (Lipinski definition) is 1. The van der Waals surface area contributed by atoms with E-state index in [4.69, 9.17) is 0 Å². The van der Waals surface area contributed by atoms with Gasteiger partial charge >= 0.3 is 0 Å². The zero-order chi connectivity index (χ0) is 7.68. The summed E-state index contributed by atoms with van der Waals surface area (Å²) in [6.07, 6.45) is 0.787. The minimum Gasteiger partial charge on any atom is -0.304 e. The summed E-state index contributed by atoms with van der Waals surface area (Å²) in [6.45, 7) is 1.12. The molecule has 2 heterocycles. The quantitative estimate of drug-likeness (QED) is 0.664. The molecule has 0 aromatic carbocycles. The Hall–Kier alpha value is 0.330. The molecule has 2 atom stereocenters. The second-order valence-corrected chi connectivity index (χ2v) is 5.22. The van der Waals surface area contributed by atoms with Crippen LogP contribution in [0.2, 0.25) is 0 Å². The molecule has 2 saturated heterocycles. The summed E-state index contributed by atoms with van der Waals surface area (Å²) in [7, 11) is 0. The maximum absolute atomic E-state index is 10.9. The molecule has 2 rings (SSSR count). The fourth-order valence-electron chi connectivity index (χ4n) is 1.48. The van der Waals surface area contributed by atoms with E-state index in [1.807, 2.05) is 11.8 Å². The van der Waals surface area contributed by atoms with Gasteiger partial charge in [0.05, 0.1) is 5.37 Å². The molecular formula is C7H11NOS2. The van der Waals surface area contributed by atoms with Gasteiger partial charge in [0.15, 0.2) is 5.12 Å². The predicted molar refractivity (Wildman–Crippen MR) is 49.8 cm³/mol. The van der Waals surface area contributed by atoms with Crippen molar-refractivity contribution in [1.29, 1.82) is 0 Å². The largest absolute Gasteiger partial charge is 0.304 e. The van der Waals surface area contributed by atoms with Gasteiger partial charge in [-0.25, -0.2) is 0 Å². The molecule has 0 aromatic heterocycles. The van der Waals surface area contributed by atoms with Crippen LogP contribution >= 0.6 is 23.5 Å². The number of hydrogen-bond acceptors (Lipinski definition) is 4. The Balaban J connectivity index is 1.90. The molecule has 11 heavy (non-hydrogen) atoms. The van der Waals surface area contributed by atoms with Crippen LogP contribution in [0.3, 0.4) is 0 Å². The van der Waals surface area contributed by atoms with Gasteiger partial charge in [-0.3, -0.25) is 4.79 Å². The molecule has 0 spiro atoms. The van der Waals surface area contributed by atoms with E-state index in [1.165, 1.54) is 17.5 Å². The summed E-state index contributed by atoms with van der Waals surface area (Å²) in [5.74, 6) is 2.84. The topological polar surface area (TPSA) is 29.1 Å². The number of thioether (sulfide) groups is 2. The minimum absolute atomic E-state index is 0.379. The molecule has 2 nitrogen and oxygen atoms in total. The molecule has 0 bridgehead atoms. The van der Waals surface area contributed by atoms with Crippen LogP contribution in [0.15, 0.2) is 0 Å². The lowest BCUT2D eigenvalue weighted by atomic mass is 10.1. The van der Waals surface area contributed by atoms with Gasteiger partial charge in [0.1, 0.15) is 0 Å². The number of nitrogens with one attached hydrogen (secondary N) is 1. The van der Waals surface area contributed by atoms with Crippen molar-refractivity contribution < 1.29 is 4.79 Å². The second kappa shape index (κ2) is 3.37. The van der Waals surface area contributed by atoms with Crippen LogP contribution in [0, 0.1) is 5.92 Å². The van der Waals surface area contributed by atoms with Gasteiger partial charge in [0.25, 0.3) is 0 Å². The molecule has 0 radical (unpaired) electrons. The molecule has 2 fully saturated rings. The van der Waals surface area contributed by atoms with Gasteiger partial charge in [0.2, 0.25) is 0 Å². The third kappa shape index (κ3) is 1.73. The normalized spacial score (nSPS) is 38.4. The zero-order valence-corrected chi connectivity index (χ0v) is 7.84. The van der Waals surface area contributed by atoms with Crippen LogP contribution in [0.4, 0.5) is 0 Å². The highest BCUT2D eigenvalue weighted by Crippen LogP contribution is 2.33. The molecule has 62 valence electrons. The fraction of sp³-hybridized carbons (Fsp3) is 0.857. The molecule has 1 N–H and O–H groups in total. The number of rotatable bonds is 1. The second-order valence-electron chi connectivity index (χ2n) is 2.89. The first-order valence-corrected chi connectivity index (χ1v) is 5.90. The van der Waals surface area contributed by atoms with Crippen LogP contribution < -0.4 is 5.32 Å². The Kier molecular flexibility index (Phi) is 2.44. The van der Waals surface area contributed by atoms with E-state index in [1.54, 1.807) is 0 Å². The summed E-state index contributed by atoms with van der Waals surface area (Å²) in [5.41, 5.74) is 0. The zero-order valence-electron chi connectivity index (χ0n) is 6.21. The summed E-state index contributed by atoms with van der Waals surface area (Å²) in [5, 5.41) is 4.36. The van der Waals surface area contributed by atoms with Crippen molar-refractivity contribution >= 4 is 28.6 Å². The van der Waals surface area contributed by atoms with E-state index in [-0.39, 0.29) is 0 Å². The van der Waals surface area contributed by atoms with Crippen molar-refractivity contribution in [2.45, 2.75) is 11.8 Å². The van der Waals surface area contributed by atoms with Crippen molar-refractivity contribution in [3.63, 3.8) is 0 Å². The molecule has 2 aliphatic heterocycles. The first-order valence-electron chi connectivity index (χ1n) is 3.87. The summed E-state index contributed by atoms with van der Waals surface area (Å²) in [4.78, 5) is 10.9. The van der Waals surface area contributed by atoms with E-state index in [0.29, 0.717) is 16.4 Å². The van der Waals surface area contributed by atoms with Crippen LogP contribution in [0.25, 0.3) is 0 Å². The molecule has 0 amide bonds. The standard InChI is InChI=1S/C7H11NOS2/c9-6-3-5(4-11-6)7-8-1-2-10-7/h5,7-8H,1-4H2. The lowest BCUT2D eigenvalue weighted by molar-refractivity contribution is -0.111. The average Bonchev–Trinajstić information content (AvgIpc) is 2.55. The summed E-state index contributed by atoms with van der Waals surface area (Å²) >= 11 is 3.46. The van der Waals surface area contributed by atoms with E-state index in [2.05, 4.69) is 5.32 Å². The smallest absolute Gasteiger partial charge is 0.189 e. The number of carbonyl (C=O) groups excluding carboxylic acids is 1. The van der Waals surface area contributed by atoms with E-state index >= 15 is 0 Å². The highest BCUT2D eigenvalue weighted by Gasteiger charge is 2.31. The monoisotopic (exact) mass is 189 g/mol. The van der Waals surface area contributed by atoms with Gasteiger partial charge in [-0.15, -0.1) is 11.8 Å². The van der Waals surface area contributed by atoms with E-state index < -0.39 is 0 Å². The Morgan fingerprint density at radius 2 is 2.45 bits per heavy atom. The molecule has 4 heteroatoms. The van der Waals surface area contributed by atoms with Gasteiger partial charge < -0.3 is 5.32 Å². The Morgan fingerprint density at radius 1 is 1.55 bits per heavy atom. The van der Waals surface area contributed by atoms with Crippen molar-refractivity contribution in [2.24, 2.45) is 5.92 Å². The molecule has 2 aliphatic rings. The van der Waals surface area contributed by atoms with Crippen molar-refractivity contribution in [1.82, 2.24) is 5.32 Å². The maximum Gasteiger partial charge on any atom is 0.189 e. The molecule has 0 saturated carbocycles. The van der Waals surface area contributed by atoms with Gasteiger partial charge in [-0.2, -0.15) is 0 Å². The van der Waals surface area contributed by atoms with E-state index in [9.17, 15) is 4.79 Å². The van der Waals surface area contributed by atoms with Gasteiger partial charge in [-0.05, 0) is 0 Å². The van der Waals surface area contributed by atoms with E-state index in [0.717, 1.165) is 18.7 Å². The minimum atomic E-state index is 0.379. The first-order chi connectivity index (χ1) is 5.36.